The van der Waals surface area contributed by atoms with Gasteiger partial charge in [-0.3, -0.25) is 4.79 Å². The highest BCUT2D eigenvalue weighted by Gasteiger charge is 2.29. The van der Waals surface area contributed by atoms with Gasteiger partial charge in [0.15, 0.2) is 5.78 Å². The van der Waals surface area contributed by atoms with Crippen molar-refractivity contribution in [3.8, 4) is 6.07 Å². The number of benzene rings is 1. The zero-order valence-corrected chi connectivity index (χ0v) is 10.5. The van der Waals surface area contributed by atoms with Crippen molar-refractivity contribution < 1.29 is 13.2 Å². The first kappa shape index (κ1) is 12.7. The van der Waals surface area contributed by atoms with Gasteiger partial charge in [-0.15, -0.1) is 0 Å². The van der Waals surface area contributed by atoms with E-state index in [1.165, 1.54) is 4.31 Å². The molecule has 0 spiro atoms. The summed E-state index contributed by atoms with van der Waals surface area (Å²) in [4.78, 5) is 11.9. The van der Waals surface area contributed by atoms with Crippen LogP contribution in [0, 0.1) is 11.3 Å². The number of rotatable bonds is 3. The molecule has 0 atom stereocenters. The van der Waals surface area contributed by atoms with Crippen LogP contribution in [0.3, 0.4) is 0 Å². The van der Waals surface area contributed by atoms with Crippen molar-refractivity contribution in [2.45, 2.75) is 6.42 Å². The highest BCUT2D eigenvalue weighted by atomic mass is 32.2. The fourth-order valence-electron chi connectivity index (χ4n) is 1.85. The lowest BCUT2D eigenvalue weighted by Crippen LogP contribution is -2.31. The standard InChI is InChI=1S/C12H12N2O3S/c13-8-10-2-4-11(5-3-10)12(15)9-14-6-1-7-18(14,16)17/h2-5H,1,6-7,9H2. The van der Waals surface area contributed by atoms with Crippen LogP contribution in [0.4, 0.5) is 0 Å². The van der Waals surface area contributed by atoms with Gasteiger partial charge >= 0.3 is 0 Å². The summed E-state index contributed by atoms with van der Waals surface area (Å²) in [6.07, 6.45) is 0.572. The Morgan fingerprint density at radius 1 is 1.33 bits per heavy atom. The molecule has 0 saturated carbocycles. The molecule has 2 rings (SSSR count). The minimum absolute atomic E-state index is 0.117. The van der Waals surface area contributed by atoms with Crippen LogP contribution in [0.15, 0.2) is 24.3 Å². The lowest BCUT2D eigenvalue weighted by atomic mass is 10.1. The molecule has 18 heavy (non-hydrogen) atoms. The largest absolute Gasteiger partial charge is 0.293 e. The first-order valence-corrected chi connectivity index (χ1v) is 7.15. The quantitative estimate of drug-likeness (QED) is 0.756. The van der Waals surface area contributed by atoms with E-state index in [0.29, 0.717) is 24.1 Å². The molecule has 0 bridgehead atoms. The van der Waals surface area contributed by atoms with E-state index in [4.69, 9.17) is 5.26 Å². The van der Waals surface area contributed by atoms with E-state index in [9.17, 15) is 13.2 Å². The lowest BCUT2D eigenvalue weighted by Gasteiger charge is -2.12. The summed E-state index contributed by atoms with van der Waals surface area (Å²) in [5.74, 6) is -0.127. The summed E-state index contributed by atoms with van der Waals surface area (Å²) in [7, 11) is -3.24. The minimum Gasteiger partial charge on any atom is -0.293 e. The van der Waals surface area contributed by atoms with Crippen LogP contribution < -0.4 is 0 Å². The Bertz CT molecular complexity index is 599. The molecule has 0 radical (unpaired) electrons. The Labute approximate surface area is 106 Å². The molecule has 0 unspecified atom stereocenters. The molecular weight excluding hydrogens is 252 g/mol. The van der Waals surface area contributed by atoms with E-state index in [1.807, 2.05) is 6.07 Å². The van der Waals surface area contributed by atoms with E-state index in [0.717, 1.165) is 0 Å². The number of nitrogens with zero attached hydrogens (tertiary/aromatic N) is 2. The van der Waals surface area contributed by atoms with Crippen molar-refractivity contribution in [3.05, 3.63) is 35.4 Å². The molecule has 1 aromatic carbocycles. The smallest absolute Gasteiger partial charge is 0.214 e. The highest BCUT2D eigenvalue weighted by Crippen LogP contribution is 2.14. The van der Waals surface area contributed by atoms with E-state index in [1.54, 1.807) is 24.3 Å². The van der Waals surface area contributed by atoms with Gasteiger partial charge in [0.2, 0.25) is 10.0 Å². The Morgan fingerprint density at radius 2 is 2.00 bits per heavy atom. The maximum atomic E-state index is 11.9. The fourth-order valence-corrected chi connectivity index (χ4v) is 3.32. The van der Waals surface area contributed by atoms with Gasteiger partial charge in [0.1, 0.15) is 0 Å². The number of carbonyl (C=O) groups is 1. The van der Waals surface area contributed by atoms with Crippen LogP contribution >= 0.6 is 0 Å². The second-order valence-electron chi connectivity index (χ2n) is 4.12. The van der Waals surface area contributed by atoms with E-state index in [-0.39, 0.29) is 18.1 Å². The molecule has 1 fully saturated rings. The van der Waals surface area contributed by atoms with Crippen molar-refractivity contribution in [2.75, 3.05) is 18.8 Å². The molecule has 6 heteroatoms. The van der Waals surface area contributed by atoms with E-state index < -0.39 is 10.0 Å². The number of sulfonamides is 1. The van der Waals surface area contributed by atoms with Gasteiger partial charge in [-0.2, -0.15) is 9.57 Å². The predicted molar refractivity (Wildman–Crippen MR) is 65.5 cm³/mol. The van der Waals surface area contributed by atoms with Crippen molar-refractivity contribution in [1.82, 2.24) is 4.31 Å². The molecule has 1 aliphatic rings. The second kappa shape index (κ2) is 4.88. The average Bonchev–Trinajstić information content (AvgIpc) is 2.69. The molecule has 1 heterocycles. The van der Waals surface area contributed by atoms with Gasteiger partial charge in [0.05, 0.1) is 23.9 Å². The molecule has 94 valence electrons. The average molecular weight is 264 g/mol. The second-order valence-corrected chi connectivity index (χ2v) is 6.20. The lowest BCUT2D eigenvalue weighted by molar-refractivity contribution is 0.0969. The van der Waals surface area contributed by atoms with Crippen LogP contribution in [0.1, 0.15) is 22.3 Å². The first-order valence-electron chi connectivity index (χ1n) is 5.54. The maximum absolute atomic E-state index is 11.9. The molecule has 0 amide bonds. The van der Waals surface area contributed by atoms with E-state index in [2.05, 4.69) is 0 Å². The van der Waals surface area contributed by atoms with Crippen molar-refractivity contribution >= 4 is 15.8 Å². The van der Waals surface area contributed by atoms with Gasteiger partial charge in [-0.1, -0.05) is 12.1 Å². The molecule has 1 aliphatic heterocycles. The molecule has 1 saturated heterocycles. The summed E-state index contributed by atoms with van der Waals surface area (Å²) in [5.41, 5.74) is 0.899. The number of Topliss-reactive ketones (excluding diaryl/α,β-unsaturated/α-hetero) is 1. The Morgan fingerprint density at radius 3 is 2.50 bits per heavy atom. The number of carbonyl (C=O) groups excluding carboxylic acids is 1. The van der Waals surface area contributed by atoms with Crippen LogP contribution in [0.2, 0.25) is 0 Å². The van der Waals surface area contributed by atoms with Crippen LogP contribution in [0.5, 0.6) is 0 Å². The fraction of sp³-hybridized carbons (Fsp3) is 0.333. The third-order valence-electron chi connectivity index (χ3n) is 2.86. The van der Waals surface area contributed by atoms with E-state index >= 15 is 0 Å². The van der Waals surface area contributed by atoms with Crippen molar-refractivity contribution in [1.29, 1.82) is 5.26 Å². The van der Waals surface area contributed by atoms with Gasteiger partial charge < -0.3 is 0 Å². The van der Waals surface area contributed by atoms with Gasteiger partial charge in [-0.25, -0.2) is 8.42 Å². The Kier molecular flexibility index (Phi) is 3.45. The summed E-state index contributed by atoms with van der Waals surface area (Å²) in [6.45, 7) is 0.290. The van der Waals surface area contributed by atoms with Crippen LogP contribution in [0.25, 0.3) is 0 Å². The Balaban J connectivity index is 2.10. The van der Waals surface area contributed by atoms with Gasteiger partial charge in [-0.05, 0) is 18.6 Å². The summed E-state index contributed by atoms with van der Waals surface area (Å²) >= 11 is 0. The van der Waals surface area contributed by atoms with Crippen LogP contribution in [-0.2, 0) is 10.0 Å². The topological polar surface area (TPSA) is 78.2 Å². The zero-order valence-electron chi connectivity index (χ0n) is 9.67. The number of hydrogen-bond donors (Lipinski definition) is 0. The van der Waals surface area contributed by atoms with Gasteiger partial charge in [0.25, 0.3) is 0 Å². The third kappa shape index (κ3) is 2.58. The third-order valence-corrected chi connectivity index (χ3v) is 4.76. The summed E-state index contributed by atoms with van der Waals surface area (Å²) in [6, 6.07) is 8.15. The molecule has 0 N–H and O–H groups in total. The Hall–Kier alpha value is -1.71. The zero-order chi connectivity index (χ0) is 13.2. The first-order chi connectivity index (χ1) is 8.53. The monoisotopic (exact) mass is 264 g/mol. The number of ketones is 1. The summed E-state index contributed by atoms with van der Waals surface area (Å²) < 4.78 is 24.3. The highest BCUT2D eigenvalue weighted by molar-refractivity contribution is 7.89. The van der Waals surface area contributed by atoms with Crippen molar-refractivity contribution in [2.24, 2.45) is 0 Å². The summed E-state index contributed by atoms with van der Waals surface area (Å²) in [5, 5.41) is 8.64. The molecule has 0 aromatic heterocycles. The number of nitriles is 1. The molecular formula is C12H12N2O3S. The van der Waals surface area contributed by atoms with Gasteiger partial charge in [0, 0.05) is 12.1 Å². The maximum Gasteiger partial charge on any atom is 0.214 e. The minimum atomic E-state index is -3.24. The van der Waals surface area contributed by atoms with Crippen LogP contribution in [-0.4, -0.2) is 37.3 Å². The number of hydrogen-bond acceptors (Lipinski definition) is 4. The van der Waals surface area contributed by atoms with Crippen molar-refractivity contribution in [3.63, 3.8) is 0 Å². The molecule has 5 nitrogen and oxygen atoms in total. The normalized spacial score (nSPS) is 18.4. The predicted octanol–water partition coefficient (Wildman–Crippen LogP) is 0.776. The molecule has 0 aliphatic carbocycles. The molecule has 1 aromatic rings. The SMILES string of the molecule is N#Cc1ccc(C(=O)CN2CCCS2(=O)=O)cc1.